The molecule has 0 aliphatic heterocycles. The topological polar surface area (TPSA) is 0 Å². The van der Waals surface area contributed by atoms with Gasteiger partial charge in [0.25, 0.3) is 0 Å². The van der Waals surface area contributed by atoms with Crippen molar-refractivity contribution in [3.8, 4) is 11.1 Å². The molecule has 4 unspecified atom stereocenters. The third-order valence-corrected chi connectivity index (χ3v) is 7.29. The maximum atomic E-state index is 4.03. The lowest BCUT2D eigenvalue weighted by atomic mass is 9.64. The predicted molar refractivity (Wildman–Crippen MR) is 122 cm³/mol. The molecule has 2 aromatic rings. The molecule has 0 N–H and O–H groups in total. The zero-order valence-corrected chi connectivity index (χ0v) is 17.2. The van der Waals surface area contributed by atoms with Crippen molar-refractivity contribution in [2.45, 2.75) is 57.3 Å². The van der Waals surface area contributed by atoms with Crippen molar-refractivity contribution in [1.82, 2.24) is 0 Å². The average molecular weight is 371 g/mol. The Labute approximate surface area is 171 Å². The quantitative estimate of drug-likeness (QED) is 0.452. The summed E-state index contributed by atoms with van der Waals surface area (Å²) in [5, 5.41) is 0. The van der Waals surface area contributed by atoms with Crippen LogP contribution in [0.15, 0.2) is 73.8 Å². The summed E-state index contributed by atoms with van der Waals surface area (Å²) in [6.07, 6.45) is 14.7. The third kappa shape index (κ3) is 4.32. The second-order valence-corrected chi connectivity index (χ2v) is 8.99. The Morgan fingerprint density at radius 1 is 0.750 bits per heavy atom. The van der Waals surface area contributed by atoms with Gasteiger partial charge in [-0.15, -0.1) is 13.2 Å². The van der Waals surface area contributed by atoms with Crippen molar-refractivity contribution < 1.29 is 0 Å². The summed E-state index contributed by atoms with van der Waals surface area (Å²) in [4.78, 5) is 0. The van der Waals surface area contributed by atoms with Gasteiger partial charge in [-0.1, -0.05) is 60.7 Å². The van der Waals surface area contributed by atoms with Gasteiger partial charge >= 0.3 is 0 Å². The number of hydrogen-bond donors (Lipinski definition) is 0. The van der Waals surface area contributed by atoms with Crippen LogP contribution in [-0.2, 0) is 6.42 Å². The number of fused-ring (bicyclic) bond motifs is 1. The van der Waals surface area contributed by atoms with Gasteiger partial charge in [0.2, 0.25) is 0 Å². The van der Waals surface area contributed by atoms with Crippen LogP contribution < -0.4 is 0 Å². The van der Waals surface area contributed by atoms with Crippen LogP contribution in [0.2, 0.25) is 0 Å². The lowest BCUT2D eigenvalue weighted by Gasteiger charge is -2.41. The summed E-state index contributed by atoms with van der Waals surface area (Å²) < 4.78 is 0. The van der Waals surface area contributed by atoms with E-state index in [0.717, 1.165) is 36.5 Å². The van der Waals surface area contributed by atoms with E-state index >= 15 is 0 Å². The lowest BCUT2D eigenvalue weighted by molar-refractivity contribution is 0.133. The third-order valence-electron chi connectivity index (χ3n) is 7.29. The van der Waals surface area contributed by atoms with Crippen LogP contribution >= 0.6 is 0 Å². The SMILES string of the molecule is C=CCCc1ccc(-c2ccc(C3CCC4CC(C=C)CCC4C3)cc2)cc1. The standard InChI is InChI=1S/C28H34/c1-3-5-6-22-8-10-23(11-9-22)24-13-15-25(16-14-24)27-18-17-26-19-21(4-2)7-12-28(26)20-27/h3-4,8-11,13-16,21,26-28H,1-2,5-7,12,17-20H2. The van der Waals surface area contributed by atoms with Gasteiger partial charge < -0.3 is 0 Å². The molecule has 0 amide bonds. The van der Waals surface area contributed by atoms with E-state index in [-0.39, 0.29) is 0 Å². The van der Waals surface area contributed by atoms with Crippen LogP contribution in [0, 0.1) is 17.8 Å². The maximum Gasteiger partial charge on any atom is -0.0159 e. The second kappa shape index (κ2) is 8.95. The van der Waals surface area contributed by atoms with Gasteiger partial charge in [0.1, 0.15) is 0 Å². The van der Waals surface area contributed by atoms with Crippen LogP contribution in [-0.4, -0.2) is 0 Å². The highest BCUT2D eigenvalue weighted by molar-refractivity contribution is 5.64. The molecule has 0 saturated heterocycles. The largest absolute Gasteiger partial charge is 0.103 e. The van der Waals surface area contributed by atoms with E-state index in [9.17, 15) is 0 Å². The van der Waals surface area contributed by atoms with Gasteiger partial charge in [-0.3, -0.25) is 0 Å². The molecule has 0 heteroatoms. The Morgan fingerprint density at radius 2 is 1.39 bits per heavy atom. The normalized spacial score (nSPS) is 27.0. The van der Waals surface area contributed by atoms with E-state index in [1.54, 1.807) is 5.56 Å². The molecule has 4 rings (SSSR count). The van der Waals surface area contributed by atoms with E-state index < -0.39 is 0 Å². The molecule has 2 aliphatic carbocycles. The first-order valence-electron chi connectivity index (χ1n) is 11.2. The highest BCUT2D eigenvalue weighted by atomic mass is 14.4. The number of allylic oxidation sites excluding steroid dienone is 2. The van der Waals surface area contributed by atoms with Crippen LogP contribution in [0.3, 0.4) is 0 Å². The molecule has 2 aromatic carbocycles. The van der Waals surface area contributed by atoms with Crippen molar-refractivity contribution in [2.24, 2.45) is 17.8 Å². The Hall–Kier alpha value is -2.08. The Balaban J connectivity index is 1.39. The van der Waals surface area contributed by atoms with Crippen molar-refractivity contribution >= 4 is 0 Å². The van der Waals surface area contributed by atoms with Gasteiger partial charge in [-0.25, -0.2) is 0 Å². The van der Waals surface area contributed by atoms with Crippen molar-refractivity contribution in [3.05, 3.63) is 85.0 Å². The van der Waals surface area contributed by atoms with Crippen LogP contribution in [0.4, 0.5) is 0 Å². The Morgan fingerprint density at radius 3 is 2.07 bits per heavy atom. The highest BCUT2D eigenvalue weighted by Gasteiger charge is 2.35. The molecule has 2 fully saturated rings. The molecule has 0 bridgehead atoms. The van der Waals surface area contributed by atoms with Gasteiger partial charge in [0.15, 0.2) is 0 Å². The minimum atomic E-state index is 0.761. The summed E-state index contributed by atoms with van der Waals surface area (Å²) in [6, 6.07) is 18.5. The predicted octanol–water partition coefficient (Wildman–Crippen LogP) is 7.96. The maximum absolute atomic E-state index is 4.03. The summed E-state index contributed by atoms with van der Waals surface area (Å²) in [6.45, 7) is 7.84. The van der Waals surface area contributed by atoms with E-state index in [1.807, 2.05) is 6.08 Å². The van der Waals surface area contributed by atoms with Gasteiger partial charge in [0, 0.05) is 0 Å². The molecule has 146 valence electrons. The number of aryl methyl sites for hydroxylation is 1. The zero-order chi connectivity index (χ0) is 19.3. The molecule has 2 saturated carbocycles. The second-order valence-electron chi connectivity index (χ2n) is 8.99. The molecule has 0 spiro atoms. The van der Waals surface area contributed by atoms with Crippen molar-refractivity contribution in [3.63, 3.8) is 0 Å². The molecule has 0 nitrogen and oxygen atoms in total. The molecular weight excluding hydrogens is 336 g/mol. The summed E-state index contributed by atoms with van der Waals surface area (Å²) in [5.41, 5.74) is 5.60. The fourth-order valence-corrected chi connectivity index (χ4v) is 5.52. The smallest absolute Gasteiger partial charge is 0.0159 e. The first kappa shape index (κ1) is 19.2. The molecule has 2 aliphatic rings. The highest BCUT2D eigenvalue weighted by Crippen LogP contribution is 2.47. The zero-order valence-electron chi connectivity index (χ0n) is 17.2. The Kier molecular flexibility index (Phi) is 6.15. The van der Waals surface area contributed by atoms with Crippen molar-refractivity contribution in [1.29, 1.82) is 0 Å². The lowest BCUT2D eigenvalue weighted by Crippen LogP contribution is -2.29. The van der Waals surface area contributed by atoms with E-state index in [4.69, 9.17) is 0 Å². The Bertz CT molecular complexity index is 780. The molecular formula is C28H34. The minimum Gasteiger partial charge on any atom is -0.103 e. The molecule has 0 heterocycles. The summed E-state index contributed by atoms with van der Waals surface area (Å²) in [7, 11) is 0. The van der Waals surface area contributed by atoms with Crippen LogP contribution in [0.5, 0.6) is 0 Å². The van der Waals surface area contributed by atoms with E-state index in [1.165, 1.54) is 55.2 Å². The van der Waals surface area contributed by atoms with Gasteiger partial charge in [-0.2, -0.15) is 0 Å². The van der Waals surface area contributed by atoms with Crippen LogP contribution in [0.1, 0.15) is 62.0 Å². The molecule has 0 aromatic heterocycles. The van der Waals surface area contributed by atoms with E-state index in [0.29, 0.717) is 0 Å². The monoisotopic (exact) mass is 370 g/mol. The number of benzene rings is 2. The fourth-order valence-electron chi connectivity index (χ4n) is 5.52. The average Bonchev–Trinajstić information content (AvgIpc) is 2.77. The summed E-state index contributed by atoms with van der Waals surface area (Å²) >= 11 is 0. The number of rotatable bonds is 6. The van der Waals surface area contributed by atoms with Crippen LogP contribution in [0.25, 0.3) is 11.1 Å². The fraction of sp³-hybridized carbons (Fsp3) is 0.429. The molecule has 28 heavy (non-hydrogen) atoms. The minimum absolute atomic E-state index is 0.761. The first-order valence-corrected chi connectivity index (χ1v) is 11.2. The molecule has 4 atom stereocenters. The van der Waals surface area contributed by atoms with Gasteiger partial charge in [0.05, 0.1) is 0 Å². The number of hydrogen-bond acceptors (Lipinski definition) is 0. The first-order chi connectivity index (χ1) is 13.8. The van der Waals surface area contributed by atoms with Crippen molar-refractivity contribution in [2.75, 3.05) is 0 Å². The van der Waals surface area contributed by atoms with Gasteiger partial charge in [-0.05, 0) is 97.3 Å². The summed E-state index contributed by atoms with van der Waals surface area (Å²) in [5.74, 6) is 3.43. The van der Waals surface area contributed by atoms with E-state index in [2.05, 4.69) is 67.8 Å². The molecule has 0 radical (unpaired) electrons.